The first-order valence-electron chi connectivity index (χ1n) is 16.7. The minimum Gasteiger partial charge on any atom is -0.376 e. The number of hydrogen-bond acceptors (Lipinski definition) is 7. The Morgan fingerprint density at radius 2 is 1.81 bits per heavy atom. The number of pyridine rings is 1. The third-order valence-corrected chi connectivity index (χ3v) is 12.0. The van der Waals surface area contributed by atoms with E-state index in [-0.39, 0.29) is 29.4 Å². The van der Waals surface area contributed by atoms with Crippen molar-refractivity contribution in [3.05, 3.63) is 77.2 Å². The molecule has 1 aromatic heterocycles. The van der Waals surface area contributed by atoms with Gasteiger partial charge in [-0.3, -0.25) is 14.9 Å². The van der Waals surface area contributed by atoms with Gasteiger partial charge < -0.3 is 15.3 Å². The number of aliphatic hydroxyl groups excluding tert-OH is 1. The maximum atomic E-state index is 13.5. The number of carbonyl (C=O) groups excluding carboxylic acids is 2. The van der Waals surface area contributed by atoms with E-state index in [4.69, 9.17) is 0 Å². The van der Waals surface area contributed by atoms with Crippen LogP contribution in [0, 0.1) is 11.7 Å². The number of fused-ring (bicyclic) bond motifs is 1. The quantitative estimate of drug-likeness (QED) is 0.238. The molecule has 3 atom stereocenters. The summed E-state index contributed by atoms with van der Waals surface area (Å²) in [5, 5.41) is 17.4. The monoisotopic (exact) mass is 662 g/mol. The van der Waals surface area contributed by atoms with Crippen LogP contribution in [-0.2, 0) is 14.6 Å². The fraction of sp³-hybridized carbons (Fsp3) is 0.472. The van der Waals surface area contributed by atoms with Gasteiger partial charge in [0.2, 0.25) is 5.91 Å². The first-order chi connectivity index (χ1) is 22.6. The Balaban J connectivity index is 1.11. The largest absolute Gasteiger partial charge is 0.376 e. The molecule has 250 valence electrons. The van der Waals surface area contributed by atoms with Crippen molar-refractivity contribution in [1.29, 1.82) is 0 Å². The van der Waals surface area contributed by atoms with Gasteiger partial charge in [-0.2, -0.15) is 0 Å². The molecule has 1 aliphatic heterocycles. The summed E-state index contributed by atoms with van der Waals surface area (Å²) in [5.74, 6) is -0.719. The van der Waals surface area contributed by atoms with Crippen molar-refractivity contribution >= 4 is 38.6 Å². The molecular weight excluding hydrogens is 619 g/mol. The number of amides is 2. The minimum absolute atomic E-state index is 0.120. The van der Waals surface area contributed by atoms with Crippen LogP contribution < -0.4 is 10.6 Å². The minimum atomic E-state index is -3.44. The third-order valence-electron chi connectivity index (χ3n) is 9.70. The second-order valence-electron chi connectivity index (χ2n) is 13.1. The zero-order valence-electron chi connectivity index (χ0n) is 26.7. The number of rotatable bonds is 11. The molecule has 0 radical (unpaired) electrons. The van der Waals surface area contributed by atoms with Crippen molar-refractivity contribution in [3.8, 4) is 0 Å². The number of allylic oxidation sites excluding steroid dienone is 1. The van der Waals surface area contributed by atoms with Gasteiger partial charge in [0.15, 0.2) is 9.84 Å². The van der Waals surface area contributed by atoms with Gasteiger partial charge in [-0.05, 0) is 98.9 Å². The van der Waals surface area contributed by atoms with Crippen LogP contribution in [0.1, 0.15) is 92.4 Å². The van der Waals surface area contributed by atoms with Gasteiger partial charge in [-0.15, -0.1) is 0 Å². The Bertz CT molecular complexity index is 1770. The Morgan fingerprint density at radius 3 is 2.57 bits per heavy atom. The van der Waals surface area contributed by atoms with E-state index in [1.807, 2.05) is 19.1 Å². The Kier molecular flexibility index (Phi) is 10.1. The molecule has 9 nitrogen and oxygen atoms in total. The summed E-state index contributed by atoms with van der Waals surface area (Å²) in [6.07, 6.45) is 11.0. The standard InChI is InChI=1S/C36H43FN4O5S/c1-23(30-16-15-29(21-25(30)12-11-24-9-10-24)47(45,46)28-6-3-2-4-7-28)39-36(44)33-8-5-19-41(33)34(42)22-38-35(43)32-17-13-26-20-27(37)14-18-31(26)40-32/h11-18,20-21,23-24,28,33,36,39,44H,2-10,19,22H2,1H3,(H,38,43)/b12-11+. The van der Waals surface area contributed by atoms with E-state index in [2.05, 4.69) is 21.7 Å². The first kappa shape index (κ1) is 33.2. The van der Waals surface area contributed by atoms with Gasteiger partial charge >= 0.3 is 0 Å². The number of nitrogens with zero attached hydrogens (tertiary/aromatic N) is 2. The molecule has 47 heavy (non-hydrogen) atoms. The molecule has 0 spiro atoms. The van der Waals surface area contributed by atoms with Crippen molar-refractivity contribution in [2.75, 3.05) is 13.1 Å². The molecular formula is C36H43FN4O5S. The van der Waals surface area contributed by atoms with Crippen molar-refractivity contribution in [2.45, 2.75) is 93.2 Å². The van der Waals surface area contributed by atoms with E-state index < -0.39 is 33.8 Å². The summed E-state index contributed by atoms with van der Waals surface area (Å²) >= 11 is 0. The molecule has 6 rings (SSSR count). The van der Waals surface area contributed by atoms with Crippen molar-refractivity contribution in [1.82, 2.24) is 20.5 Å². The molecule has 2 aliphatic carbocycles. The fourth-order valence-electron chi connectivity index (χ4n) is 6.82. The summed E-state index contributed by atoms with van der Waals surface area (Å²) < 4.78 is 40.5. The molecule has 3 aromatic rings. The highest BCUT2D eigenvalue weighted by Gasteiger charge is 2.35. The number of carbonyl (C=O) groups is 2. The Labute approximate surface area is 275 Å². The molecule has 2 aromatic carbocycles. The second-order valence-corrected chi connectivity index (χ2v) is 15.4. The Hall–Kier alpha value is -3.67. The van der Waals surface area contributed by atoms with Gasteiger partial charge in [-0.25, -0.2) is 17.8 Å². The van der Waals surface area contributed by atoms with Crippen LogP contribution in [0.15, 0.2) is 59.5 Å². The smallest absolute Gasteiger partial charge is 0.270 e. The van der Waals surface area contributed by atoms with Gasteiger partial charge in [0.05, 0.1) is 28.2 Å². The maximum absolute atomic E-state index is 13.5. The van der Waals surface area contributed by atoms with Crippen LogP contribution in [0.3, 0.4) is 0 Å². The number of likely N-dealkylation sites (tertiary alicyclic amines) is 1. The number of aliphatic hydroxyl groups is 1. The highest BCUT2D eigenvalue weighted by molar-refractivity contribution is 7.92. The van der Waals surface area contributed by atoms with Crippen LogP contribution >= 0.6 is 0 Å². The van der Waals surface area contributed by atoms with E-state index in [1.54, 1.807) is 23.1 Å². The highest BCUT2D eigenvalue weighted by Crippen LogP contribution is 2.34. The number of halogens is 1. The summed E-state index contributed by atoms with van der Waals surface area (Å²) in [6.45, 7) is 2.12. The van der Waals surface area contributed by atoms with E-state index in [0.29, 0.717) is 53.9 Å². The van der Waals surface area contributed by atoms with Crippen molar-refractivity contribution in [3.63, 3.8) is 0 Å². The predicted octanol–water partition coefficient (Wildman–Crippen LogP) is 5.29. The lowest BCUT2D eigenvalue weighted by Gasteiger charge is -2.31. The fourth-order valence-corrected chi connectivity index (χ4v) is 8.71. The van der Waals surface area contributed by atoms with Gasteiger partial charge in [-0.1, -0.05) is 43.5 Å². The summed E-state index contributed by atoms with van der Waals surface area (Å²) in [6, 6.07) is 11.7. The van der Waals surface area contributed by atoms with E-state index >= 15 is 0 Å². The lowest BCUT2D eigenvalue weighted by atomic mass is 9.99. The molecule has 3 fully saturated rings. The zero-order chi connectivity index (χ0) is 33.1. The number of hydrogen-bond donors (Lipinski definition) is 3. The maximum Gasteiger partial charge on any atom is 0.270 e. The SMILES string of the molecule is CC(NC(O)C1CCCN1C(=O)CNC(=O)c1ccc2cc(F)ccc2n1)c1ccc(S(=O)(=O)C2CCCCC2)cc1/C=C/C1CC1. The topological polar surface area (TPSA) is 129 Å². The number of sulfone groups is 1. The lowest BCUT2D eigenvalue weighted by molar-refractivity contribution is -0.133. The van der Waals surface area contributed by atoms with E-state index in [9.17, 15) is 27.5 Å². The van der Waals surface area contributed by atoms with Crippen molar-refractivity contribution < 1.29 is 27.5 Å². The molecule has 3 unspecified atom stereocenters. The first-order valence-corrected chi connectivity index (χ1v) is 18.3. The molecule has 2 amide bonds. The molecule has 2 heterocycles. The molecule has 3 N–H and O–H groups in total. The molecule has 2 saturated carbocycles. The normalized spacial score (nSPS) is 20.5. The van der Waals surface area contributed by atoms with Gasteiger partial charge in [0.1, 0.15) is 17.7 Å². The van der Waals surface area contributed by atoms with E-state index in [1.165, 1.54) is 24.3 Å². The molecule has 0 bridgehead atoms. The summed E-state index contributed by atoms with van der Waals surface area (Å²) in [7, 11) is -3.44. The second kappa shape index (κ2) is 14.2. The third kappa shape index (κ3) is 7.74. The van der Waals surface area contributed by atoms with Gasteiger partial charge in [0.25, 0.3) is 5.91 Å². The predicted molar refractivity (Wildman–Crippen MR) is 179 cm³/mol. The van der Waals surface area contributed by atoms with Crippen LogP contribution in [0.5, 0.6) is 0 Å². The molecule has 1 saturated heterocycles. The lowest BCUT2D eigenvalue weighted by Crippen LogP contribution is -2.51. The highest BCUT2D eigenvalue weighted by atomic mass is 32.2. The van der Waals surface area contributed by atoms with Crippen LogP contribution in [0.2, 0.25) is 0 Å². The van der Waals surface area contributed by atoms with Crippen LogP contribution in [-0.4, -0.2) is 65.8 Å². The summed E-state index contributed by atoms with van der Waals surface area (Å²) in [4.78, 5) is 32.2. The molecule has 11 heteroatoms. The Morgan fingerprint density at radius 1 is 1.02 bits per heavy atom. The van der Waals surface area contributed by atoms with Crippen LogP contribution in [0.4, 0.5) is 4.39 Å². The average molecular weight is 663 g/mol. The average Bonchev–Trinajstić information content (AvgIpc) is 3.78. The number of aromatic nitrogens is 1. The van der Waals surface area contributed by atoms with Gasteiger partial charge in [0, 0.05) is 18.0 Å². The van der Waals surface area contributed by atoms with Crippen LogP contribution in [0.25, 0.3) is 17.0 Å². The molecule has 3 aliphatic rings. The van der Waals surface area contributed by atoms with Crippen molar-refractivity contribution in [2.24, 2.45) is 5.92 Å². The zero-order valence-corrected chi connectivity index (χ0v) is 27.5. The number of nitrogens with one attached hydrogen (secondary N) is 2. The summed E-state index contributed by atoms with van der Waals surface area (Å²) in [5.41, 5.74) is 2.28. The van der Waals surface area contributed by atoms with E-state index in [0.717, 1.165) is 43.2 Å². The number of benzene rings is 2.